The molecule has 16 heavy (non-hydrogen) atoms. The third kappa shape index (κ3) is 5.22. The topological polar surface area (TPSA) is 74.6 Å². The van der Waals surface area contributed by atoms with E-state index in [9.17, 15) is 9.59 Å². The smallest absolute Gasteiger partial charge is 0.00201 e. The summed E-state index contributed by atoms with van der Waals surface area (Å²) in [5.41, 5.74) is 3.06. The molecule has 0 spiro atoms. The summed E-state index contributed by atoms with van der Waals surface area (Å²) in [6, 6.07) is 8.53. The normalized spacial score (nSPS) is 10.4. The summed E-state index contributed by atoms with van der Waals surface area (Å²) in [4.78, 5) is 19.5. The molecule has 2 N–H and O–H groups in total. The number of benzene rings is 1. The van der Waals surface area contributed by atoms with E-state index in [-0.39, 0.29) is 51.4 Å². The van der Waals surface area contributed by atoms with Gasteiger partial charge in [-0.3, -0.25) is 9.59 Å². The van der Waals surface area contributed by atoms with E-state index >= 15 is 0 Å². The van der Waals surface area contributed by atoms with E-state index in [4.69, 9.17) is 10.2 Å². The summed E-state index contributed by atoms with van der Waals surface area (Å²) >= 11 is 0. The van der Waals surface area contributed by atoms with Crippen molar-refractivity contribution in [2.75, 3.05) is 0 Å². The Labute approximate surface area is 136 Å². The number of aliphatic carboxylic acids is 2. The minimum atomic E-state index is -1.31. The molecule has 0 radical (unpaired) electrons. The number of hydrogen-bond acceptors (Lipinski definition) is 2. The van der Waals surface area contributed by atoms with Gasteiger partial charge in [-0.05, 0) is 24.5 Å². The maximum atomic E-state index is 9.76. The summed E-state index contributed by atoms with van der Waals surface area (Å²) in [5, 5.41) is 15.9. The molecule has 1 aromatic carbocycles. The molecule has 0 saturated heterocycles. The molecule has 0 aliphatic heterocycles. The molecule has 0 heterocycles. The molecule has 1 aliphatic carbocycles. The van der Waals surface area contributed by atoms with E-state index in [2.05, 4.69) is 24.3 Å². The first-order valence-corrected chi connectivity index (χ1v) is 4.54. The summed E-state index contributed by atoms with van der Waals surface area (Å²) in [6.45, 7) is 1.12. The van der Waals surface area contributed by atoms with Crippen LogP contribution in [0.15, 0.2) is 24.3 Å². The van der Waals surface area contributed by atoms with Gasteiger partial charge >= 0.3 is 63.3 Å². The van der Waals surface area contributed by atoms with E-state index in [1.165, 1.54) is 17.5 Å². The van der Waals surface area contributed by atoms with Crippen molar-refractivity contribution in [3.63, 3.8) is 0 Å². The van der Waals surface area contributed by atoms with Crippen molar-refractivity contribution in [1.29, 1.82) is 0 Å². The van der Waals surface area contributed by atoms with Crippen molar-refractivity contribution in [2.24, 2.45) is 5.92 Å². The average molecular weight is 248 g/mol. The second-order valence-electron chi connectivity index (χ2n) is 3.34. The molecule has 0 aromatic heterocycles. The average Bonchev–Trinajstić information content (AvgIpc) is 2.95. The van der Waals surface area contributed by atoms with Crippen LogP contribution in [-0.2, 0) is 16.0 Å². The molecule has 1 aliphatic rings. The van der Waals surface area contributed by atoms with Gasteiger partial charge < -0.3 is 10.2 Å². The maximum absolute atomic E-state index is 9.76. The Balaban J connectivity index is 0.000000265. The van der Waals surface area contributed by atoms with Crippen LogP contribution in [0.5, 0.6) is 0 Å². The molecular weight excluding hydrogens is 235 g/mol. The molecular formula is C11H13KO4. The Morgan fingerprint density at radius 1 is 1.12 bits per heavy atom. The fourth-order valence-corrected chi connectivity index (χ4v) is 0.942. The third-order valence-electron chi connectivity index (χ3n) is 2.12. The number of rotatable bonds is 2. The second kappa shape index (κ2) is 7.19. The summed E-state index contributed by atoms with van der Waals surface area (Å²) in [6.07, 6.45) is 1.24. The van der Waals surface area contributed by atoms with Crippen molar-refractivity contribution >= 4 is 63.3 Å². The number of hydrogen-bond donors (Lipinski definition) is 2. The predicted octanol–water partition coefficient (Wildman–Crippen LogP) is 0.734. The summed E-state index contributed by atoms with van der Waals surface area (Å²) in [5.74, 6) is -3.91. The van der Waals surface area contributed by atoms with E-state index in [0.29, 0.717) is 0 Å². The van der Waals surface area contributed by atoms with Gasteiger partial charge in [-0.2, -0.15) is 0 Å². The van der Waals surface area contributed by atoms with Crippen molar-refractivity contribution in [1.82, 2.24) is 0 Å². The van der Waals surface area contributed by atoms with Crippen LogP contribution in [0.2, 0.25) is 0 Å². The minimum Gasteiger partial charge on any atom is -0.0620 e. The Morgan fingerprint density at radius 3 is 1.69 bits per heavy atom. The molecule has 82 valence electrons. The fraction of sp³-hybridized carbons (Fsp3) is 0.273. The number of carbonyl (C=O) groups is 2. The quantitative estimate of drug-likeness (QED) is 0.607. The first kappa shape index (κ1) is 15.8. The van der Waals surface area contributed by atoms with Gasteiger partial charge in [0.25, 0.3) is 0 Å². The van der Waals surface area contributed by atoms with Crippen molar-refractivity contribution < 1.29 is 19.8 Å². The van der Waals surface area contributed by atoms with Gasteiger partial charge in [0.1, 0.15) is 0 Å². The van der Waals surface area contributed by atoms with Gasteiger partial charge in [0, 0.05) is 0 Å². The van der Waals surface area contributed by atoms with Crippen LogP contribution in [0.25, 0.3) is 0 Å². The summed E-state index contributed by atoms with van der Waals surface area (Å²) < 4.78 is 0. The number of carboxylic acid groups (broad SMARTS) is 2. The standard InChI is InChI=1S/C7H6.C4H6O4.K.H/c1-2-4-7-5-6(7)3-1;1-2(3(5)6)4(7)8;;/h1-4H,5H2;2H,1H3,(H,5,6)(H,7,8);;. The molecule has 0 unspecified atom stereocenters. The zero-order valence-corrected chi connectivity index (χ0v) is 8.30. The van der Waals surface area contributed by atoms with Crippen molar-refractivity contribution in [2.45, 2.75) is 13.3 Å². The fourth-order valence-electron chi connectivity index (χ4n) is 0.942. The van der Waals surface area contributed by atoms with E-state index in [1.807, 2.05) is 0 Å². The molecule has 0 fully saturated rings. The van der Waals surface area contributed by atoms with Crippen LogP contribution in [0, 0.1) is 5.92 Å². The van der Waals surface area contributed by atoms with Crippen molar-refractivity contribution in [3.8, 4) is 0 Å². The Morgan fingerprint density at radius 2 is 1.50 bits per heavy atom. The van der Waals surface area contributed by atoms with Gasteiger partial charge in [-0.25, -0.2) is 0 Å². The minimum absolute atomic E-state index is 0. The van der Waals surface area contributed by atoms with Gasteiger partial charge in [-0.15, -0.1) is 0 Å². The largest absolute Gasteiger partial charge is 0.0620 e. The van der Waals surface area contributed by atoms with Crippen LogP contribution in [-0.4, -0.2) is 73.5 Å². The third-order valence-corrected chi connectivity index (χ3v) is 2.12. The van der Waals surface area contributed by atoms with Crippen molar-refractivity contribution in [3.05, 3.63) is 35.4 Å². The number of carboxylic acids is 2. The molecule has 4 nitrogen and oxygen atoms in total. The zero-order valence-electron chi connectivity index (χ0n) is 8.30. The first-order chi connectivity index (χ1) is 7.02. The molecule has 0 saturated carbocycles. The molecule has 0 atom stereocenters. The molecule has 5 heteroatoms. The molecule has 0 bridgehead atoms. The number of fused-ring (bicyclic) bond motifs is 1. The molecule has 1 aromatic rings. The predicted molar refractivity (Wildman–Crippen MR) is 60.8 cm³/mol. The SMILES string of the molecule is CC(C(=O)O)C(=O)O.[KH].c1ccc2c(c1)C2. The van der Waals surface area contributed by atoms with Gasteiger partial charge in [-0.1, -0.05) is 24.3 Å². The van der Waals surface area contributed by atoms with Crippen LogP contribution in [0.1, 0.15) is 18.1 Å². The Kier molecular flexibility index (Phi) is 7.09. The maximum Gasteiger partial charge on any atom is -0.00201 e. The van der Waals surface area contributed by atoms with Crippen LogP contribution in [0.4, 0.5) is 0 Å². The zero-order chi connectivity index (χ0) is 11.4. The van der Waals surface area contributed by atoms with Gasteiger partial charge in [0.05, 0.1) is 0 Å². The van der Waals surface area contributed by atoms with Gasteiger partial charge in [0.15, 0.2) is 5.92 Å². The monoisotopic (exact) mass is 248 g/mol. The van der Waals surface area contributed by atoms with Crippen LogP contribution < -0.4 is 0 Å². The Bertz CT molecular complexity index is 354. The van der Waals surface area contributed by atoms with E-state index < -0.39 is 17.9 Å². The second-order valence-corrected chi connectivity index (χ2v) is 3.34. The summed E-state index contributed by atoms with van der Waals surface area (Å²) in [7, 11) is 0. The molecule has 0 amide bonds. The van der Waals surface area contributed by atoms with Gasteiger partial charge in [0.2, 0.25) is 0 Å². The molecule has 2 rings (SSSR count). The van der Waals surface area contributed by atoms with Crippen LogP contribution >= 0.6 is 0 Å². The van der Waals surface area contributed by atoms with E-state index in [1.54, 1.807) is 0 Å². The Hall–Kier alpha value is -0.204. The van der Waals surface area contributed by atoms with Crippen LogP contribution in [0.3, 0.4) is 0 Å². The van der Waals surface area contributed by atoms with E-state index in [0.717, 1.165) is 6.92 Å². The first-order valence-electron chi connectivity index (χ1n) is 4.54.